The van der Waals surface area contributed by atoms with E-state index in [1.807, 2.05) is 6.07 Å². The van der Waals surface area contributed by atoms with Gasteiger partial charge in [-0.15, -0.1) is 11.3 Å². The van der Waals surface area contributed by atoms with E-state index in [9.17, 15) is 8.42 Å². The quantitative estimate of drug-likeness (QED) is 0.588. The summed E-state index contributed by atoms with van der Waals surface area (Å²) in [7, 11) is -1.19. The van der Waals surface area contributed by atoms with Gasteiger partial charge in [-0.3, -0.25) is 4.99 Å². The first-order valence-corrected chi connectivity index (χ1v) is 10.3. The van der Waals surface area contributed by atoms with Crippen molar-refractivity contribution in [2.24, 2.45) is 10.4 Å². The summed E-state index contributed by atoms with van der Waals surface area (Å²) in [6, 6.07) is 4.30. The maximum absolute atomic E-state index is 11.3. The maximum atomic E-state index is 11.3. The molecule has 126 valence electrons. The van der Waals surface area contributed by atoms with Crippen molar-refractivity contribution in [1.29, 1.82) is 0 Å². The van der Waals surface area contributed by atoms with Crippen LogP contribution in [-0.4, -0.2) is 40.0 Å². The Labute approximate surface area is 138 Å². The third-order valence-electron chi connectivity index (χ3n) is 3.43. The van der Waals surface area contributed by atoms with E-state index in [1.165, 1.54) is 11.1 Å². The van der Waals surface area contributed by atoms with Gasteiger partial charge in [0.25, 0.3) is 0 Å². The Morgan fingerprint density at radius 1 is 1.45 bits per heavy atom. The van der Waals surface area contributed by atoms with Crippen LogP contribution in [0.5, 0.6) is 0 Å². The van der Waals surface area contributed by atoms with Crippen LogP contribution in [0.25, 0.3) is 0 Å². The molecule has 0 aliphatic carbocycles. The molecule has 1 atom stereocenters. The first-order valence-electron chi connectivity index (χ1n) is 7.31. The number of sulfone groups is 1. The predicted octanol–water partition coefficient (Wildman–Crippen LogP) is 2.44. The van der Waals surface area contributed by atoms with Crippen LogP contribution in [0.1, 0.15) is 38.1 Å². The largest absolute Gasteiger partial charge is 0.356 e. The molecule has 5 nitrogen and oxygen atoms in total. The van der Waals surface area contributed by atoms with Gasteiger partial charge in [-0.05, 0) is 30.2 Å². The number of thiophene rings is 1. The first-order chi connectivity index (χ1) is 10.1. The third kappa shape index (κ3) is 7.26. The normalized spacial score (nSPS) is 14.7. The summed E-state index contributed by atoms with van der Waals surface area (Å²) < 4.78 is 22.6. The minimum absolute atomic E-state index is 0.118. The van der Waals surface area contributed by atoms with Crippen molar-refractivity contribution in [3.8, 4) is 0 Å². The van der Waals surface area contributed by atoms with Crippen LogP contribution in [0, 0.1) is 5.41 Å². The highest BCUT2D eigenvalue weighted by atomic mass is 32.2. The summed E-state index contributed by atoms with van der Waals surface area (Å²) in [5.74, 6) is 0.938. The van der Waals surface area contributed by atoms with E-state index in [0.717, 1.165) is 5.96 Å². The predicted molar refractivity (Wildman–Crippen MR) is 95.3 cm³/mol. The fraction of sp³-hybridized carbons (Fsp3) is 0.667. The highest BCUT2D eigenvalue weighted by Gasteiger charge is 2.21. The zero-order valence-electron chi connectivity index (χ0n) is 14.0. The Morgan fingerprint density at radius 2 is 2.14 bits per heavy atom. The lowest BCUT2D eigenvalue weighted by Crippen LogP contribution is -2.43. The molecule has 1 aromatic rings. The second-order valence-electron chi connectivity index (χ2n) is 6.35. The lowest BCUT2D eigenvalue weighted by atomic mass is 9.90. The summed E-state index contributed by atoms with van der Waals surface area (Å²) in [4.78, 5) is 5.48. The number of guanidine groups is 1. The van der Waals surface area contributed by atoms with Crippen molar-refractivity contribution in [2.45, 2.75) is 33.2 Å². The van der Waals surface area contributed by atoms with Crippen LogP contribution < -0.4 is 10.6 Å². The van der Waals surface area contributed by atoms with E-state index in [1.54, 1.807) is 18.4 Å². The Morgan fingerprint density at radius 3 is 2.64 bits per heavy atom. The molecular formula is C15H27N3O2S2. The zero-order chi connectivity index (χ0) is 16.8. The molecule has 1 heterocycles. The summed E-state index contributed by atoms with van der Waals surface area (Å²) in [6.07, 6.45) is 1.90. The van der Waals surface area contributed by atoms with Gasteiger partial charge >= 0.3 is 0 Å². The van der Waals surface area contributed by atoms with Crippen molar-refractivity contribution >= 4 is 27.1 Å². The van der Waals surface area contributed by atoms with E-state index >= 15 is 0 Å². The molecular weight excluding hydrogens is 318 g/mol. The summed E-state index contributed by atoms with van der Waals surface area (Å²) >= 11 is 1.71. The number of nitrogens with one attached hydrogen (secondary N) is 2. The molecule has 1 aromatic heterocycles. The van der Waals surface area contributed by atoms with Gasteiger partial charge in [0, 0.05) is 24.7 Å². The second-order valence-corrected chi connectivity index (χ2v) is 9.59. The molecule has 0 aliphatic rings. The number of hydrogen-bond acceptors (Lipinski definition) is 4. The van der Waals surface area contributed by atoms with Gasteiger partial charge in [0.05, 0.1) is 11.8 Å². The van der Waals surface area contributed by atoms with Gasteiger partial charge in [0.2, 0.25) is 0 Å². The van der Waals surface area contributed by atoms with E-state index < -0.39 is 9.84 Å². The van der Waals surface area contributed by atoms with Crippen molar-refractivity contribution in [3.63, 3.8) is 0 Å². The van der Waals surface area contributed by atoms with Crippen LogP contribution >= 0.6 is 11.3 Å². The molecule has 0 fully saturated rings. The van der Waals surface area contributed by atoms with Crippen molar-refractivity contribution in [3.05, 3.63) is 22.4 Å². The van der Waals surface area contributed by atoms with Crippen LogP contribution in [-0.2, 0) is 9.84 Å². The zero-order valence-corrected chi connectivity index (χ0v) is 15.6. The highest BCUT2D eigenvalue weighted by molar-refractivity contribution is 7.90. The van der Waals surface area contributed by atoms with E-state index in [0.29, 0.717) is 13.0 Å². The molecule has 1 rings (SSSR count). The van der Waals surface area contributed by atoms with Crippen molar-refractivity contribution < 1.29 is 8.42 Å². The lowest BCUT2D eigenvalue weighted by molar-refractivity contribution is 0.348. The molecule has 0 amide bonds. The number of hydrogen-bond donors (Lipinski definition) is 2. The molecule has 0 aliphatic heterocycles. The monoisotopic (exact) mass is 345 g/mol. The number of rotatable bonds is 7. The minimum atomic E-state index is -2.92. The molecule has 0 bridgehead atoms. The lowest BCUT2D eigenvalue weighted by Gasteiger charge is -2.26. The van der Waals surface area contributed by atoms with Gasteiger partial charge < -0.3 is 10.6 Å². The minimum Gasteiger partial charge on any atom is -0.356 e. The number of aliphatic imine (C=N–C) groups is 1. The third-order valence-corrected chi connectivity index (χ3v) is 5.43. The number of nitrogens with zero attached hydrogens (tertiary/aromatic N) is 1. The van der Waals surface area contributed by atoms with E-state index in [-0.39, 0.29) is 17.2 Å². The topological polar surface area (TPSA) is 70.6 Å². The van der Waals surface area contributed by atoms with Gasteiger partial charge in [0.15, 0.2) is 5.96 Å². The van der Waals surface area contributed by atoms with Crippen LogP contribution in [0.4, 0.5) is 0 Å². The molecule has 0 saturated heterocycles. The van der Waals surface area contributed by atoms with Gasteiger partial charge in [-0.1, -0.05) is 19.9 Å². The summed E-state index contributed by atoms with van der Waals surface area (Å²) in [6.45, 7) is 6.87. The van der Waals surface area contributed by atoms with E-state index in [4.69, 9.17) is 0 Å². The Hall–Kier alpha value is -1.08. The summed E-state index contributed by atoms with van der Waals surface area (Å²) in [5.41, 5.74) is -0.118. The molecule has 7 heteroatoms. The molecule has 22 heavy (non-hydrogen) atoms. The average molecular weight is 346 g/mol. The molecule has 2 N–H and O–H groups in total. The average Bonchev–Trinajstić information content (AvgIpc) is 2.94. The molecule has 0 saturated carbocycles. The molecule has 0 radical (unpaired) electrons. The van der Waals surface area contributed by atoms with Crippen molar-refractivity contribution in [1.82, 2.24) is 10.6 Å². The van der Waals surface area contributed by atoms with Crippen LogP contribution in [0.2, 0.25) is 0 Å². The SMILES string of the molecule is CN=C(NCC(C)(C)CCS(C)(=O)=O)NC(C)c1cccs1. The maximum Gasteiger partial charge on any atom is 0.191 e. The van der Waals surface area contributed by atoms with Gasteiger partial charge in [-0.25, -0.2) is 8.42 Å². The van der Waals surface area contributed by atoms with Gasteiger partial charge in [-0.2, -0.15) is 0 Å². The molecule has 0 aromatic carbocycles. The van der Waals surface area contributed by atoms with Crippen LogP contribution in [0.15, 0.2) is 22.5 Å². The second kappa shape index (κ2) is 7.97. The fourth-order valence-electron chi connectivity index (χ4n) is 1.88. The Bertz CT molecular complexity index is 578. The summed E-state index contributed by atoms with van der Waals surface area (Å²) in [5, 5.41) is 8.69. The fourth-order valence-corrected chi connectivity index (χ4v) is 3.54. The Kier molecular flexibility index (Phi) is 6.87. The molecule has 0 spiro atoms. The van der Waals surface area contributed by atoms with Gasteiger partial charge in [0.1, 0.15) is 9.84 Å². The first kappa shape index (κ1) is 19.0. The molecule has 1 unspecified atom stereocenters. The van der Waals surface area contributed by atoms with Crippen molar-refractivity contribution in [2.75, 3.05) is 25.6 Å². The Balaban J connectivity index is 2.49. The van der Waals surface area contributed by atoms with Crippen LogP contribution in [0.3, 0.4) is 0 Å². The highest BCUT2D eigenvalue weighted by Crippen LogP contribution is 2.20. The van der Waals surface area contributed by atoms with E-state index in [2.05, 4.69) is 47.8 Å². The smallest absolute Gasteiger partial charge is 0.191 e. The standard InChI is InChI=1S/C15H27N3O2S2/c1-12(13-7-6-9-21-13)18-14(16-4)17-11-15(2,3)8-10-22(5,19)20/h6-7,9,12H,8,10-11H2,1-5H3,(H2,16,17,18).